The molecule has 0 saturated carbocycles. The van der Waals surface area contributed by atoms with Gasteiger partial charge in [-0.2, -0.15) is 5.10 Å². The number of nitrogens with zero attached hydrogens (tertiary/aromatic N) is 2. The van der Waals surface area contributed by atoms with Crippen LogP contribution in [0.5, 0.6) is 0 Å². The average Bonchev–Trinajstić information content (AvgIpc) is 2.95. The molecule has 1 aliphatic carbocycles. The molecule has 5 heteroatoms. The Morgan fingerprint density at radius 3 is 2.78 bits per heavy atom. The zero-order valence-corrected chi connectivity index (χ0v) is 9.76. The molecule has 1 amide bonds. The van der Waals surface area contributed by atoms with Gasteiger partial charge in [0.15, 0.2) is 0 Å². The number of H-pyrrole nitrogens is 1. The third-order valence-electron chi connectivity index (χ3n) is 3.20. The standard InChI is InChI=1S/C13H13N3O2/c17-13(18)16(9-5-2-1-3-6-9)12-10-7-4-8-11(10)14-15-12/h1-3,5-6H,4,7-8H2,(H,14,15)(H,17,18). The summed E-state index contributed by atoms with van der Waals surface area (Å²) in [4.78, 5) is 12.7. The van der Waals surface area contributed by atoms with Crippen molar-refractivity contribution in [2.45, 2.75) is 19.3 Å². The first kappa shape index (κ1) is 10.8. The van der Waals surface area contributed by atoms with Crippen LogP contribution in [-0.4, -0.2) is 21.4 Å². The fraction of sp³-hybridized carbons (Fsp3) is 0.231. The molecule has 1 aromatic heterocycles. The molecular formula is C13H13N3O2. The van der Waals surface area contributed by atoms with Crippen molar-refractivity contribution in [1.82, 2.24) is 10.2 Å². The molecule has 0 spiro atoms. The topological polar surface area (TPSA) is 69.2 Å². The fourth-order valence-corrected chi connectivity index (χ4v) is 2.39. The molecular weight excluding hydrogens is 230 g/mol. The molecule has 0 unspecified atom stereocenters. The lowest BCUT2D eigenvalue weighted by molar-refractivity contribution is 0.204. The van der Waals surface area contributed by atoms with Gasteiger partial charge in [0, 0.05) is 5.56 Å². The van der Waals surface area contributed by atoms with Gasteiger partial charge in [0.05, 0.1) is 11.4 Å². The highest BCUT2D eigenvalue weighted by atomic mass is 16.4. The van der Waals surface area contributed by atoms with Crippen LogP contribution in [0.25, 0.3) is 0 Å². The number of hydrogen-bond acceptors (Lipinski definition) is 2. The zero-order valence-electron chi connectivity index (χ0n) is 9.76. The van der Waals surface area contributed by atoms with Crippen molar-refractivity contribution in [2.75, 3.05) is 4.90 Å². The Hall–Kier alpha value is -2.30. The third kappa shape index (κ3) is 1.64. The van der Waals surface area contributed by atoms with E-state index >= 15 is 0 Å². The number of fused-ring (bicyclic) bond motifs is 1. The molecule has 0 fully saturated rings. The van der Waals surface area contributed by atoms with E-state index in [1.807, 2.05) is 18.2 Å². The van der Waals surface area contributed by atoms with Gasteiger partial charge in [0.25, 0.3) is 0 Å². The van der Waals surface area contributed by atoms with Crippen LogP contribution in [0.3, 0.4) is 0 Å². The van der Waals surface area contributed by atoms with E-state index in [0.717, 1.165) is 30.5 Å². The van der Waals surface area contributed by atoms with Crippen LogP contribution in [0, 0.1) is 0 Å². The number of amides is 1. The summed E-state index contributed by atoms with van der Waals surface area (Å²) in [6.07, 6.45) is 1.85. The van der Waals surface area contributed by atoms with Gasteiger partial charge in [0.2, 0.25) is 0 Å². The first-order valence-corrected chi connectivity index (χ1v) is 5.91. The number of aryl methyl sites for hydroxylation is 1. The summed E-state index contributed by atoms with van der Waals surface area (Å²) in [6.45, 7) is 0. The molecule has 0 atom stereocenters. The highest BCUT2D eigenvalue weighted by Gasteiger charge is 2.26. The average molecular weight is 243 g/mol. The maximum absolute atomic E-state index is 11.5. The number of rotatable bonds is 2. The molecule has 3 rings (SSSR count). The number of nitrogens with one attached hydrogen (secondary N) is 1. The summed E-state index contributed by atoms with van der Waals surface area (Å²) in [6, 6.07) is 9.05. The number of aromatic nitrogens is 2. The van der Waals surface area contributed by atoms with Gasteiger partial charge in [-0.05, 0) is 31.4 Å². The maximum Gasteiger partial charge on any atom is 0.417 e. The Bertz CT molecular complexity index is 577. The minimum atomic E-state index is -1.00. The third-order valence-corrected chi connectivity index (χ3v) is 3.20. The lowest BCUT2D eigenvalue weighted by Crippen LogP contribution is -2.24. The van der Waals surface area contributed by atoms with Gasteiger partial charge in [-0.25, -0.2) is 9.69 Å². The van der Waals surface area contributed by atoms with Crippen LogP contribution in [-0.2, 0) is 12.8 Å². The fourth-order valence-electron chi connectivity index (χ4n) is 2.39. The monoisotopic (exact) mass is 243 g/mol. The van der Waals surface area contributed by atoms with Crippen molar-refractivity contribution < 1.29 is 9.90 Å². The molecule has 2 aromatic rings. The van der Waals surface area contributed by atoms with Crippen molar-refractivity contribution in [2.24, 2.45) is 0 Å². The van der Waals surface area contributed by atoms with Crippen molar-refractivity contribution in [3.8, 4) is 0 Å². The van der Waals surface area contributed by atoms with Gasteiger partial charge in [0.1, 0.15) is 5.82 Å². The number of hydrogen-bond donors (Lipinski definition) is 2. The minimum Gasteiger partial charge on any atom is -0.464 e. The summed E-state index contributed by atoms with van der Waals surface area (Å²) in [5, 5.41) is 16.5. The van der Waals surface area contributed by atoms with Crippen molar-refractivity contribution >= 4 is 17.6 Å². The second kappa shape index (κ2) is 4.18. The van der Waals surface area contributed by atoms with Gasteiger partial charge in [-0.15, -0.1) is 0 Å². The predicted molar refractivity (Wildman–Crippen MR) is 67.2 cm³/mol. The number of anilines is 2. The van der Waals surface area contributed by atoms with Crippen molar-refractivity contribution in [3.63, 3.8) is 0 Å². The second-order valence-corrected chi connectivity index (χ2v) is 4.30. The molecule has 5 nitrogen and oxygen atoms in total. The molecule has 18 heavy (non-hydrogen) atoms. The smallest absolute Gasteiger partial charge is 0.417 e. The zero-order chi connectivity index (χ0) is 12.5. The van der Waals surface area contributed by atoms with Gasteiger partial charge >= 0.3 is 6.09 Å². The first-order valence-electron chi connectivity index (χ1n) is 5.91. The number of carboxylic acid groups (broad SMARTS) is 1. The van der Waals surface area contributed by atoms with Crippen LogP contribution < -0.4 is 4.90 Å². The Morgan fingerprint density at radius 2 is 2.06 bits per heavy atom. The molecule has 0 aliphatic heterocycles. The summed E-state index contributed by atoms with van der Waals surface area (Å²) >= 11 is 0. The lowest BCUT2D eigenvalue weighted by atomic mass is 10.2. The highest BCUT2D eigenvalue weighted by Crippen LogP contribution is 2.33. The molecule has 0 radical (unpaired) electrons. The van der Waals surface area contributed by atoms with E-state index in [4.69, 9.17) is 0 Å². The number of aromatic amines is 1. The van der Waals surface area contributed by atoms with Gasteiger partial charge < -0.3 is 5.11 Å². The van der Waals surface area contributed by atoms with E-state index in [1.54, 1.807) is 12.1 Å². The van der Waals surface area contributed by atoms with Crippen LogP contribution in [0.2, 0.25) is 0 Å². The summed E-state index contributed by atoms with van der Waals surface area (Å²) in [5.74, 6) is 0.584. The molecule has 1 heterocycles. The maximum atomic E-state index is 11.5. The van der Waals surface area contributed by atoms with Crippen LogP contribution in [0.1, 0.15) is 17.7 Å². The van der Waals surface area contributed by atoms with Crippen LogP contribution in [0.15, 0.2) is 30.3 Å². The molecule has 92 valence electrons. The van der Waals surface area contributed by atoms with E-state index in [-0.39, 0.29) is 0 Å². The summed E-state index contributed by atoms with van der Waals surface area (Å²) < 4.78 is 0. The minimum absolute atomic E-state index is 0.584. The van der Waals surface area contributed by atoms with Crippen LogP contribution >= 0.6 is 0 Å². The largest absolute Gasteiger partial charge is 0.464 e. The molecule has 1 aliphatic rings. The summed E-state index contributed by atoms with van der Waals surface area (Å²) in [7, 11) is 0. The second-order valence-electron chi connectivity index (χ2n) is 4.30. The van der Waals surface area contributed by atoms with E-state index in [1.165, 1.54) is 4.90 Å². The summed E-state index contributed by atoms with van der Waals surface area (Å²) in [5.41, 5.74) is 2.65. The Labute approximate surface area is 104 Å². The SMILES string of the molecule is O=C(O)N(c1ccccc1)c1[nH]nc2c1CCC2. The molecule has 2 N–H and O–H groups in total. The number of carbonyl (C=O) groups is 1. The van der Waals surface area contributed by atoms with Gasteiger partial charge in [-0.1, -0.05) is 18.2 Å². The predicted octanol–water partition coefficient (Wildman–Crippen LogP) is 2.71. The lowest BCUT2D eigenvalue weighted by Gasteiger charge is -2.18. The quantitative estimate of drug-likeness (QED) is 0.852. The molecule has 0 saturated heterocycles. The van der Waals surface area contributed by atoms with Crippen LogP contribution in [0.4, 0.5) is 16.3 Å². The van der Waals surface area contributed by atoms with Crippen molar-refractivity contribution in [1.29, 1.82) is 0 Å². The first-order chi connectivity index (χ1) is 8.77. The Kier molecular flexibility index (Phi) is 2.51. The molecule has 1 aromatic carbocycles. The Morgan fingerprint density at radius 1 is 1.28 bits per heavy atom. The van der Waals surface area contributed by atoms with Crippen molar-refractivity contribution in [3.05, 3.63) is 41.6 Å². The highest BCUT2D eigenvalue weighted by molar-refractivity contribution is 5.94. The number of para-hydroxylation sites is 1. The number of benzene rings is 1. The Balaban J connectivity index is 2.08. The van der Waals surface area contributed by atoms with E-state index in [9.17, 15) is 9.90 Å². The van der Waals surface area contributed by atoms with E-state index < -0.39 is 6.09 Å². The van der Waals surface area contributed by atoms with E-state index in [0.29, 0.717) is 11.5 Å². The van der Waals surface area contributed by atoms with E-state index in [2.05, 4.69) is 10.2 Å². The normalized spacial score (nSPS) is 13.3. The van der Waals surface area contributed by atoms with Gasteiger partial charge in [-0.3, -0.25) is 5.10 Å². The molecule has 0 bridgehead atoms.